The first-order valence-corrected chi connectivity index (χ1v) is 7.68. The average molecular weight is 278 g/mol. The molecule has 0 atom stereocenters. The first-order chi connectivity index (χ1) is 9.74. The molecular formula is C15H26N4O. The van der Waals surface area contributed by atoms with Gasteiger partial charge in [0.1, 0.15) is 17.5 Å². The van der Waals surface area contributed by atoms with E-state index < -0.39 is 0 Å². The van der Waals surface area contributed by atoms with Gasteiger partial charge in [0.25, 0.3) is 0 Å². The third-order valence-corrected chi connectivity index (χ3v) is 3.46. The predicted octanol–water partition coefficient (Wildman–Crippen LogP) is 2.25. The lowest BCUT2D eigenvalue weighted by molar-refractivity contribution is 0.122. The second-order valence-electron chi connectivity index (χ2n) is 5.22. The van der Waals surface area contributed by atoms with Crippen molar-refractivity contribution in [3.63, 3.8) is 0 Å². The molecule has 0 aromatic carbocycles. The molecule has 0 bridgehead atoms. The highest BCUT2D eigenvalue weighted by molar-refractivity contribution is 5.51. The number of ether oxygens (including phenoxy) is 1. The summed E-state index contributed by atoms with van der Waals surface area (Å²) in [6, 6.07) is 2.13. The fourth-order valence-electron chi connectivity index (χ4n) is 2.53. The van der Waals surface area contributed by atoms with Gasteiger partial charge in [0.2, 0.25) is 0 Å². The molecule has 0 saturated carbocycles. The fourth-order valence-corrected chi connectivity index (χ4v) is 2.53. The van der Waals surface area contributed by atoms with Crippen LogP contribution in [0.15, 0.2) is 6.07 Å². The molecule has 1 aromatic heterocycles. The molecule has 5 nitrogen and oxygen atoms in total. The van der Waals surface area contributed by atoms with Crippen LogP contribution in [0.5, 0.6) is 0 Å². The van der Waals surface area contributed by atoms with Gasteiger partial charge < -0.3 is 14.5 Å². The van der Waals surface area contributed by atoms with Crippen LogP contribution in [0.2, 0.25) is 0 Å². The molecule has 0 aliphatic carbocycles. The molecule has 2 rings (SSSR count). The van der Waals surface area contributed by atoms with E-state index in [9.17, 15) is 0 Å². The molecule has 20 heavy (non-hydrogen) atoms. The van der Waals surface area contributed by atoms with Crippen molar-refractivity contribution >= 4 is 11.6 Å². The van der Waals surface area contributed by atoms with Crippen molar-refractivity contribution in [3.8, 4) is 0 Å². The van der Waals surface area contributed by atoms with E-state index in [2.05, 4.69) is 39.7 Å². The van der Waals surface area contributed by atoms with Crippen LogP contribution in [0.3, 0.4) is 0 Å². The number of aryl methyl sites for hydroxylation is 1. The standard InChI is InChI=1S/C15H26N4O/c1-4-6-18(7-5-2)14-12-15(17-13(3)16-14)19-8-10-20-11-9-19/h12H,4-11H2,1-3H3. The molecule has 5 heteroatoms. The molecule has 1 aliphatic heterocycles. The monoisotopic (exact) mass is 278 g/mol. The van der Waals surface area contributed by atoms with Gasteiger partial charge in [0, 0.05) is 32.2 Å². The van der Waals surface area contributed by atoms with Crippen molar-refractivity contribution in [2.24, 2.45) is 0 Å². The van der Waals surface area contributed by atoms with Gasteiger partial charge in [0.15, 0.2) is 0 Å². The Hall–Kier alpha value is -1.36. The van der Waals surface area contributed by atoms with E-state index in [0.717, 1.165) is 69.7 Å². The summed E-state index contributed by atoms with van der Waals surface area (Å²) in [7, 11) is 0. The molecule has 1 fully saturated rings. The van der Waals surface area contributed by atoms with Gasteiger partial charge >= 0.3 is 0 Å². The van der Waals surface area contributed by atoms with Crippen molar-refractivity contribution < 1.29 is 4.74 Å². The minimum atomic E-state index is 0.784. The normalized spacial score (nSPS) is 15.4. The number of hydrogen-bond acceptors (Lipinski definition) is 5. The van der Waals surface area contributed by atoms with Crippen LogP contribution in [0.4, 0.5) is 11.6 Å². The summed E-state index contributed by atoms with van der Waals surface area (Å²) in [5.41, 5.74) is 0. The number of morpholine rings is 1. The van der Waals surface area contributed by atoms with E-state index in [1.807, 2.05) is 6.92 Å². The average Bonchev–Trinajstić information content (AvgIpc) is 2.47. The maximum absolute atomic E-state index is 5.41. The zero-order valence-electron chi connectivity index (χ0n) is 12.9. The molecule has 0 N–H and O–H groups in total. The Morgan fingerprint density at radius 2 is 1.80 bits per heavy atom. The molecule has 1 aliphatic rings. The SMILES string of the molecule is CCCN(CCC)c1cc(N2CCOCC2)nc(C)n1. The number of nitrogens with zero attached hydrogens (tertiary/aromatic N) is 4. The van der Waals surface area contributed by atoms with Crippen molar-refractivity contribution in [1.82, 2.24) is 9.97 Å². The smallest absolute Gasteiger partial charge is 0.134 e. The van der Waals surface area contributed by atoms with E-state index >= 15 is 0 Å². The number of aromatic nitrogens is 2. The lowest BCUT2D eigenvalue weighted by Gasteiger charge is -2.29. The number of anilines is 2. The van der Waals surface area contributed by atoms with Crippen LogP contribution in [-0.2, 0) is 4.74 Å². The van der Waals surface area contributed by atoms with Gasteiger partial charge in [-0.25, -0.2) is 9.97 Å². The van der Waals surface area contributed by atoms with E-state index in [0.29, 0.717) is 0 Å². The lowest BCUT2D eigenvalue weighted by Crippen LogP contribution is -2.37. The largest absolute Gasteiger partial charge is 0.378 e. The highest BCUT2D eigenvalue weighted by atomic mass is 16.5. The molecule has 1 aromatic rings. The Bertz CT molecular complexity index is 412. The van der Waals surface area contributed by atoms with Gasteiger partial charge in [-0.05, 0) is 19.8 Å². The highest BCUT2D eigenvalue weighted by Gasteiger charge is 2.16. The van der Waals surface area contributed by atoms with Crippen LogP contribution in [0, 0.1) is 6.92 Å². The number of hydrogen-bond donors (Lipinski definition) is 0. The van der Waals surface area contributed by atoms with Crippen molar-refractivity contribution in [1.29, 1.82) is 0 Å². The minimum absolute atomic E-state index is 0.784. The fraction of sp³-hybridized carbons (Fsp3) is 0.733. The highest BCUT2D eigenvalue weighted by Crippen LogP contribution is 2.20. The minimum Gasteiger partial charge on any atom is -0.378 e. The van der Waals surface area contributed by atoms with Crippen LogP contribution in [0.1, 0.15) is 32.5 Å². The summed E-state index contributed by atoms with van der Waals surface area (Å²) in [4.78, 5) is 13.9. The molecule has 112 valence electrons. The molecule has 2 heterocycles. The zero-order valence-corrected chi connectivity index (χ0v) is 12.9. The third kappa shape index (κ3) is 3.82. The Labute approximate surface area is 122 Å². The van der Waals surface area contributed by atoms with Crippen LogP contribution in [-0.4, -0.2) is 49.4 Å². The first kappa shape index (κ1) is 15.0. The second kappa shape index (κ2) is 7.43. The van der Waals surface area contributed by atoms with Gasteiger partial charge in [-0.2, -0.15) is 0 Å². The third-order valence-electron chi connectivity index (χ3n) is 3.46. The summed E-state index contributed by atoms with van der Waals surface area (Å²) in [6.45, 7) is 11.9. The molecule has 1 saturated heterocycles. The Morgan fingerprint density at radius 1 is 1.15 bits per heavy atom. The topological polar surface area (TPSA) is 41.5 Å². The van der Waals surface area contributed by atoms with Gasteiger partial charge in [-0.3, -0.25) is 0 Å². The number of rotatable bonds is 6. The Balaban J connectivity index is 2.21. The van der Waals surface area contributed by atoms with Gasteiger partial charge in [-0.15, -0.1) is 0 Å². The van der Waals surface area contributed by atoms with Crippen molar-refractivity contribution in [3.05, 3.63) is 11.9 Å². The first-order valence-electron chi connectivity index (χ1n) is 7.68. The predicted molar refractivity (Wildman–Crippen MR) is 82.6 cm³/mol. The molecule has 0 radical (unpaired) electrons. The maximum Gasteiger partial charge on any atom is 0.134 e. The molecule has 0 unspecified atom stereocenters. The van der Waals surface area contributed by atoms with Crippen molar-refractivity contribution in [2.45, 2.75) is 33.6 Å². The van der Waals surface area contributed by atoms with Crippen molar-refractivity contribution in [2.75, 3.05) is 49.2 Å². The lowest BCUT2D eigenvalue weighted by atomic mass is 10.3. The van der Waals surface area contributed by atoms with E-state index in [1.165, 1.54) is 0 Å². The quantitative estimate of drug-likeness (QED) is 0.798. The maximum atomic E-state index is 5.41. The zero-order chi connectivity index (χ0) is 14.4. The summed E-state index contributed by atoms with van der Waals surface area (Å²) in [5.74, 6) is 2.94. The Morgan fingerprint density at radius 3 is 2.40 bits per heavy atom. The van der Waals surface area contributed by atoms with E-state index in [1.54, 1.807) is 0 Å². The molecule has 0 spiro atoms. The van der Waals surface area contributed by atoms with Crippen LogP contribution in [0.25, 0.3) is 0 Å². The second-order valence-corrected chi connectivity index (χ2v) is 5.22. The molecule has 0 amide bonds. The summed E-state index contributed by atoms with van der Waals surface area (Å²) in [6.07, 6.45) is 2.27. The Kier molecular flexibility index (Phi) is 5.59. The van der Waals surface area contributed by atoms with Crippen LogP contribution < -0.4 is 9.80 Å². The van der Waals surface area contributed by atoms with Crippen LogP contribution >= 0.6 is 0 Å². The van der Waals surface area contributed by atoms with E-state index in [-0.39, 0.29) is 0 Å². The summed E-state index contributed by atoms with van der Waals surface area (Å²) in [5, 5.41) is 0. The summed E-state index contributed by atoms with van der Waals surface area (Å²) >= 11 is 0. The summed E-state index contributed by atoms with van der Waals surface area (Å²) < 4.78 is 5.41. The van der Waals surface area contributed by atoms with Gasteiger partial charge in [-0.1, -0.05) is 13.8 Å². The molecular weight excluding hydrogens is 252 g/mol. The van der Waals surface area contributed by atoms with Gasteiger partial charge in [0.05, 0.1) is 13.2 Å². The van der Waals surface area contributed by atoms with E-state index in [4.69, 9.17) is 4.74 Å².